The summed E-state index contributed by atoms with van der Waals surface area (Å²) >= 11 is 0. The summed E-state index contributed by atoms with van der Waals surface area (Å²) in [7, 11) is 4.21. The van der Waals surface area contributed by atoms with Crippen molar-refractivity contribution in [2.45, 2.75) is 24.5 Å². The summed E-state index contributed by atoms with van der Waals surface area (Å²) in [5.41, 5.74) is 0.287. The minimum atomic E-state index is -0.106. The Kier molecular flexibility index (Phi) is 2.84. The molecule has 7 nitrogen and oxygen atoms in total. The summed E-state index contributed by atoms with van der Waals surface area (Å²) in [5, 5.41) is 10.1. The largest absolute Gasteiger partial charge is 0.369 e. The van der Waals surface area contributed by atoms with Crippen molar-refractivity contribution < 1.29 is 9.53 Å². The molecular weight excluding hydrogens is 270 g/mol. The van der Waals surface area contributed by atoms with Crippen molar-refractivity contribution in [3.63, 3.8) is 0 Å². The third kappa shape index (κ3) is 1.91. The van der Waals surface area contributed by atoms with Crippen LogP contribution in [0.25, 0.3) is 0 Å². The molecule has 21 heavy (non-hydrogen) atoms. The average Bonchev–Trinajstić information content (AvgIpc) is 3.18. The number of ether oxygens (including phenoxy) is 1. The third-order valence-electron chi connectivity index (χ3n) is 5.28. The van der Waals surface area contributed by atoms with Gasteiger partial charge in [0.25, 0.3) is 5.91 Å². The van der Waals surface area contributed by atoms with Crippen molar-refractivity contribution in [2.24, 2.45) is 11.8 Å². The molecule has 4 heterocycles. The second-order valence-corrected chi connectivity index (χ2v) is 6.83. The van der Waals surface area contributed by atoms with Crippen LogP contribution in [0, 0.1) is 11.8 Å². The second kappa shape index (κ2) is 4.51. The van der Waals surface area contributed by atoms with Crippen molar-refractivity contribution in [1.29, 1.82) is 0 Å². The Bertz CT molecular complexity index is 546. The zero-order valence-electron chi connectivity index (χ0n) is 12.5. The van der Waals surface area contributed by atoms with E-state index in [2.05, 4.69) is 34.4 Å². The Morgan fingerprint density at radius 2 is 2.48 bits per heavy atom. The number of aromatic nitrogens is 3. The van der Waals surface area contributed by atoms with Crippen LogP contribution in [0.1, 0.15) is 23.3 Å². The third-order valence-corrected chi connectivity index (χ3v) is 5.28. The highest BCUT2D eigenvalue weighted by Gasteiger charge is 2.63. The molecule has 1 aromatic rings. The van der Waals surface area contributed by atoms with Gasteiger partial charge < -0.3 is 14.5 Å². The van der Waals surface area contributed by atoms with E-state index < -0.39 is 0 Å². The number of amides is 1. The number of hydrogen-bond donors (Lipinski definition) is 1. The first-order valence-electron chi connectivity index (χ1n) is 7.57. The number of fused-ring (bicyclic) bond motifs is 1. The number of hydrogen-bond acceptors (Lipinski definition) is 5. The Hall–Kier alpha value is -1.47. The van der Waals surface area contributed by atoms with Gasteiger partial charge in [0.1, 0.15) is 0 Å². The van der Waals surface area contributed by atoms with Gasteiger partial charge in [0.15, 0.2) is 5.69 Å². The molecule has 1 N–H and O–H groups in total. The fourth-order valence-corrected chi connectivity index (χ4v) is 4.48. The topological polar surface area (TPSA) is 74.4 Å². The van der Waals surface area contributed by atoms with Crippen LogP contribution in [0.4, 0.5) is 0 Å². The van der Waals surface area contributed by atoms with Gasteiger partial charge in [-0.25, -0.2) is 0 Å². The van der Waals surface area contributed by atoms with E-state index in [-0.39, 0.29) is 11.5 Å². The first-order valence-corrected chi connectivity index (χ1v) is 7.57. The second-order valence-electron chi connectivity index (χ2n) is 6.83. The molecule has 0 saturated carbocycles. The number of nitrogens with one attached hydrogen (secondary N) is 1. The Balaban J connectivity index is 1.55. The molecule has 0 unspecified atom stereocenters. The van der Waals surface area contributed by atoms with Crippen molar-refractivity contribution in [3.8, 4) is 0 Å². The normalized spacial score (nSPS) is 37.5. The molecular formula is C14H21N5O2. The summed E-state index contributed by atoms with van der Waals surface area (Å²) in [6, 6.07) is 0. The molecule has 1 spiro atoms. The standard InChI is InChI=1S/C14H21N5O2/c1-18(2)6-9-10-7-19(13(20)11-5-15-17-16-11)8-14(10)4-3-12(9)21-14/h5,9-10,12H,3-4,6-8H2,1-2H3,(H,15,16,17)/t9-,10+,12+,14+/m1/s1. The Morgan fingerprint density at radius 3 is 3.19 bits per heavy atom. The van der Waals surface area contributed by atoms with Crippen LogP contribution in [0.2, 0.25) is 0 Å². The quantitative estimate of drug-likeness (QED) is 0.847. The maximum atomic E-state index is 12.5. The zero-order valence-corrected chi connectivity index (χ0v) is 12.5. The number of carbonyl (C=O) groups excluding carboxylic acids is 1. The van der Waals surface area contributed by atoms with E-state index in [4.69, 9.17) is 4.74 Å². The number of aromatic amines is 1. The number of nitrogens with zero attached hydrogens (tertiary/aromatic N) is 4. The number of carbonyl (C=O) groups is 1. The van der Waals surface area contributed by atoms with E-state index in [0.29, 0.717) is 30.2 Å². The highest BCUT2D eigenvalue weighted by molar-refractivity contribution is 5.92. The molecule has 0 radical (unpaired) electrons. The summed E-state index contributed by atoms with van der Waals surface area (Å²) in [6.07, 6.45) is 4.07. The van der Waals surface area contributed by atoms with Gasteiger partial charge in [-0.2, -0.15) is 15.4 Å². The molecule has 0 aliphatic carbocycles. The van der Waals surface area contributed by atoms with E-state index in [1.807, 2.05) is 4.90 Å². The van der Waals surface area contributed by atoms with Crippen LogP contribution >= 0.6 is 0 Å². The molecule has 1 amide bonds. The fraction of sp³-hybridized carbons (Fsp3) is 0.786. The van der Waals surface area contributed by atoms with Crippen molar-refractivity contribution in [2.75, 3.05) is 33.7 Å². The first kappa shape index (κ1) is 13.2. The molecule has 0 aromatic carbocycles. The monoisotopic (exact) mass is 291 g/mol. The summed E-state index contributed by atoms with van der Waals surface area (Å²) in [4.78, 5) is 16.6. The minimum absolute atomic E-state index is 0.0387. The highest BCUT2D eigenvalue weighted by Crippen LogP contribution is 2.55. The Morgan fingerprint density at radius 1 is 1.62 bits per heavy atom. The SMILES string of the molecule is CN(C)C[C@H]1[C@@H]2CC[C@@]3(CN(C(=O)c4cn[nH]n4)C[C@@H]13)O2. The molecule has 4 atom stereocenters. The molecule has 3 aliphatic rings. The van der Waals surface area contributed by atoms with Gasteiger partial charge in [0.2, 0.25) is 0 Å². The first-order chi connectivity index (χ1) is 10.1. The number of likely N-dealkylation sites (tertiary alicyclic amines) is 1. The van der Waals surface area contributed by atoms with Crippen molar-refractivity contribution >= 4 is 5.91 Å². The lowest BCUT2D eigenvalue weighted by Crippen LogP contribution is -2.40. The van der Waals surface area contributed by atoms with Gasteiger partial charge in [-0.05, 0) is 26.9 Å². The van der Waals surface area contributed by atoms with Gasteiger partial charge in [-0.3, -0.25) is 4.79 Å². The molecule has 3 saturated heterocycles. The smallest absolute Gasteiger partial charge is 0.276 e. The predicted molar refractivity (Wildman–Crippen MR) is 74.7 cm³/mol. The summed E-state index contributed by atoms with van der Waals surface area (Å²) < 4.78 is 6.33. The molecule has 2 bridgehead atoms. The van der Waals surface area contributed by atoms with E-state index in [0.717, 1.165) is 25.9 Å². The Labute approximate surface area is 123 Å². The lowest BCUT2D eigenvalue weighted by Gasteiger charge is -2.30. The van der Waals surface area contributed by atoms with Crippen molar-refractivity contribution in [3.05, 3.63) is 11.9 Å². The van der Waals surface area contributed by atoms with Gasteiger partial charge in [-0.15, -0.1) is 0 Å². The molecule has 114 valence electrons. The van der Waals surface area contributed by atoms with Gasteiger partial charge in [0.05, 0.1) is 24.4 Å². The van der Waals surface area contributed by atoms with Crippen LogP contribution in [-0.2, 0) is 4.74 Å². The molecule has 3 aliphatic heterocycles. The molecule has 1 aromatic heterocycles. The lowest BCUT2D eigenvalue weighted by atomic mass is 9.73. The maximum Gasteiger partial charge on any atom is 0.276 e. The van der Waals surface area contributed by atoms with Gasteiger partial charge >= 0.3 is 0 Å². The molecule has 7 heteroatoms. The molecule has 4 rings (SSSR count). The van der Waals surface area contributed by atoms with Gasteiger partial charge in [-0.1, -0.05) is 0 Å². The summed E-state index contributed by atoms with van der Waals surface area (Å²) in [6.45, 7) is 2.51. The van der Waals surface area contributed by atoms with E-state index in [1.165, 1.54) is 6.20 Å². The number of H-pyrrole nitrogens is 1. The fourth-order valence-electron chi connectivity index (χ4n) is 4.48. The predicted octanol–water partition coefficient (Wildman–Crippen LogP) is -0.0141. The highest BCUT2D eigenvalue weighted by atomic mass is 16.5. The van der Waals surface area contributed by atoms with Gasteiger partial charge in [0, 0.05) is 24.9 Å². The number of rotatable bonds is 3. The van der Waals surface area contributed by atoms with Crippen molar-refractivity contribution in [1.82, 2.24) is 25.2 Å². The average molecular weight is 291 g/mol. The van der Waals surface area contributed by atoms with E-state index >= 15 is 0 Å². The van der Waals surface area contributed by atoms with Crippen LogP contribution in [0.15, 0.2) is 6.20 Å². The molecule has 3 fully saturated rings. The van der Waals surface area contributed by atoms with Crippen LogP contribution < -0.4 is 0 Å². The van der Waals surface area contributed by atoms with Crippen LogP contribution in [0.3, 0.4) is 0 Å². The van der Waals surface area contributed by atoms with Crippen LogP contribution in [-0.4, -0.2) is 76.6 Å². The van der Waals surface area contributed by atoms with E-state index in [9.17, 15) is 4.79 Å². The maximum absolute atomic E-state index is 12.5. The minimum Gasteiger partial charge on any atom is -0.369 e. The van der Waals surface area contributed by atoms with E-state index in [1.54, 1.807) is 0 Å². The zero-order chi connectivity index (χ0) is 14.6. The summed E-state index contributed by atoms with van der Waals surface area (Å²) in [5.74, 6) is 0.946. The van der Waals surface area contributed by atoms with Crippen LogP contribution in [0.5, 0.6) is 0 Å². The lowest BCUT2D eigenvalue weighted by molar-refractivity contribution is 0.00250.